The lowest BCUT2D eigenvalue weighted by atomic mass is 9.77. The fourth-order valence-electron chi connectivity index (χ4n) is 7.80. The van der Waals surface area contributed by atoms with Crippen molar-refractivity contribution in [1.82, 2.24) is 14.7 Å². The SMILES string of the molecule is CCCCCN1CC=C[C@]23O[C@@H]4/C=C\CCC(=O)N(C)[C@H](C)[C@@H](c5ccccc5)OC(=O)[C@@H]4[C@H]2C(=O)N([C@@H](CO)[C@@H](C)CC)[C@@H]3C1=O. The molecule has 2 saturated heterocycles. The first-order valence-electron chi connectivity index (χ1n) is 17.4. The van der Waals surface area contributed by atoms with Crippen LogP contribution in [-0.2, 0) is 28.7 Å². The average molecular weight is 650 g/mol. The number of carbonyl (C=O) groups excluding carboxylic acids is 4. The molecule has 0 radical (unpaired) electrons. The van der Waals surface area contributed by atoms with E-state index >= 15 is 0 Å². The van der Waals surface area contributed by atoms with E-state index < -0.39 is 53.7 Å². The highest BCUT2D eigenvalue weighted by Crippen LogP contribution is 2.54. The number of benzene rings is 1. The van der Waals surface area contributed by atoms with Crippen molar-refractivity contribution in [2.75, 3.05) is 26.7 Å². The Labute approximate surface area is 278 Å². The number of amides is 3. The lowest BCUT2D eigenvalue weighted by Gasteiger charge is -2.40. The first-order valence-corrected chi connectivity index (χ1v) is 17.4. The van der Waals surface area contributed by atoms with Crippen LogP contribution in [0.15, 0.2) is 54.6 Å². The van der Waals surface area contributed by atoms with E-state index in [4.69, 9.17) is 9.47 Å². The second kappa shape index (κ2) is 14.7. The molecule has 0 saturated carbocycles. The molecule has 4 heterocycles. The van der Waals surface area contributed by atoms with E-state index in [1.165, 1.54) is 4.90 Å². The summed E-state index contributed by atoms with van der Waals surface area (Å²) in [7, 11) is 1.71. The van der Waals surface area contributed by atoms with Gasteiger partial charge >= 0.3 is 5.97 Å². The first kappa shape index (κ1) is 34.8. The van der Waals surface area contributed by atoms with Crippen LogP contribution in [0.25, 0.3) is 0 Å². The highest BCUT2D eigenvalue weighted by molar-refractivity contribution is 5.99. The molecule has 0 bridgehead atoms. The third-order valence-corrected chi connectivity index (χ3v) is 10.8. The maximum Gasteiger partial charge on any atom is 0.313 e. The maximum absolute atomic E-state index is 14.8. The summed E-state index contributed by atoms with van der Waals surface area (Å²) in [5, 5.41) is 10.7. The van der Waals surface area contributed by atoms with E-state index in [1.54, 1.807) is 22.9 Å². The average Bonchev–Trinajstić information content (AvgIpc) is 3.47. The monoisotopic (exact) mass is 649 g/mol. The summed E-state index contributed by atoms with van der Waals surface area (Å²) in [6.07, 6.45) is 9.79. The van der Waals surface area contributed by atoms with E-state index in [-0.39, 0.29) is 36.7 Å². The molecule has 9 atom stereocenters. The van der Waals surface area contributed by atoms with E-state index in [0.29, 0.717) is 25.9 Å². The molecule has 10 nitrogen and oxygen atoms in total. The van der Waals surface area contributed by atoms with E-state index in [0.717, 1.165) is 24.8 Å². The Morgan fingerprint density at radius 1 is 1.04 bits per heavy atom. The molecule has 0 aliphatic carbocycles. The molecule has 0 aromatic heterocycles. The van der Waals surface area contributed by atoms with Crippen LogP contribution in [0.3, 0.4) is 0 Å². The Morgan fingerprint density at radius 3 is 2.47 bits per heavy atom. The van der Waals surface area contributed by atoms with Gasteiger partial charge in [0.2, 0.25) is 17.7 Å². The number of ether oxygens (including phenoxy) is 2. The minimum absolute atomic E-state index is 0.0782. The molecule has 1 N–H and O–H groups in total. The number of aliphatic hydroxyl groups is 1. The van der Waals surface area contributed by atoms with Crippen molar-refractivity contribution >= 4 is 23.7 Å². The van der Waals surface area contributed by atoms with Gasteiger partial charge in [-0.1, -0.05) is 94.7 Å². The standard InChI is InChI=1S/C37H51N3O7/c1-6-8-14-21-39-22-15-20-37-31(34(43)40(33(37)35(39)44)27(23-41)24(3)7-2)30-28(47-37)18-12-13-19-29(42)38(5)25(4)32(46-36(30)45)26-16-10-9-11-17-26/h9-12,15-18,20,24-25,27-28,30-33,41H,6-8,13-14,19,21-23H2,1-5H3/b18-12-/t24-,25+,27-,28+,30-,31-,32-,33+,37-/m0/s1. The summed E-state index contributed by atoms with van der Waals surface area (Å²) in [6, 6.07) is 7.13. The zero-order valence-electron chi connectivity index (χ0n) is 28.4. The zero-order valence-corrected chi connectivity index (χ0v) is 28.4. The normalized spacial score (nSPS) is 33.3. The van der Waals surface area contributed by atoms with Gasteiger partial charge in [0.15, 0.2) is 0 Å². The van der Waals surface area contributed by atoms with Gasteiger partial charge in [0.05, 0.1) is 30.7 Å². The van der Waals surface area contributed by atoms with Crippen LogP contribution in [0, 0.1) is 17.8 Å². The molecule has 47 heavy (non-hydrogen) atoms. The molecule has 5 rings (SSSR count). The number of carbonyl (C=O) groups is 4. The van der Waals surface area contributed by atoms with Crippen LogP contribution in [0.4, 0.5) is 0 Å². The van der Waals surface area contributed by atoms with E-state index in [1.807, 2.05) is 69.3 Å². The summed E-state index contributed by atoms with van der Waals surface area (Å²) in [5.41, 5.74) is -0.708. The highest BCUT2D eigenvalue weighted by atomic mass is 16.6. The maximum atomic E-state index is 14.8. The summed E-state index contributed by atoms with van der Waals surface area (Å²) >= 11 is 0. The number of cyclic esters (lactones) is 1. The quantitative estimate of drug-likeness (QED) is 0.244. The number of hydrogen-bond acceptors (Lipinski definition) is 7. The van der Waals surface area contributed by atoms with Gasteiger partial charge in [0.1, 0.15) is 23.7 Å². The fourth-order valence-corrected chi connectivity index (χ4v) is 7.80. The van der Waals surface area contributed by atoms with Gasteiger partial charge in [-0.2, -0.15) is 0 Å². The molecule has 1 aromatic rings. The van der Waals surface area contributed by atoms with Crippen molar-refractivity contribution in [3.63, 3.8) is 0 Å². The number of unbranched alkanes of at least 4 members (excludes halogenated alkanes) is 2. The van der Waals surface area contributed by atoms with Crippen LogP contribution in [0.2, 0.25) is 0 Å². The second-order valence-corrected chi connectivity index (χ2v) is 13.6. The van der Waals surface area contributed by atoms with Gasteiger partial charge in [-0.25, -0.2) is 0 Å². The molecule has 256 valence electrons. The molecular formula is C37H51N3O7. The summed E-state index contributed by atoms with van der Waals surface area (Å²) in [6.45, 7) is 8.50. The Bertz CT molecular complexity index is 1360. The van der Waals surface area contributed by atoms with Gasteiger partial charge < -0.3 is 29.3 Å². The molecule has 0 unspecified atom stereocenters. The lowest BCUT2D eigenvalue weighted by Crippen LogP contribution is -2.59. The third-order valence-electron chi connectivity index (χ3n) is 10.8. The molecule has 1 spiro atoms. The summed E-state index contributed by atoms with van der Waals surface area (Å²) in [5.74, 6) is -3.52. The van der Waals surface area contributed by atoms with Crippen molar-refractivity contribution in [3.8, 4) is 0 Å². The van der Waals surface area contributed by atoms with Crippen molar-refractivity contribution in [3.05, 3.63) is 60.2 Å². The van der Waals surface area contributed by atoms with E-state index in [9.17, 15) is 24.3 Å². The van der Waals surface area contributed by atoms with Crippen LogP contribution in [0.1, 0.15) is 77.9 Å². The van der Waals surface area contributed by atoms with Crippen molar-refractivity contribution in [2.24, 2.45) is 17.8 Å². The summed E-state index contributed by atoms with van der Waals surface area (Å²) in [4.78, 5) is 62.0. The number of likely N-dealkylation sites (tertiary alicyclic amines) is 1. The predicted octanol–water partition coefficient (Wildman–Crippen LogP) is 4.04. The third kappa shape index (κ3) is 6.38. The molecular weight excluding hydrogens is 598 g/mol. The minimum Gasteiger partial charge on any atom is -0.455 e. The fraction of sp³-hybridized carbons (Fsp3) is 0.622. The Morgan fingerprint density at radius 2 is 1.79 bits per heavy atom. The number of allylic oxidation sites excluding steroid dienone is 1. The molecule has 10 heteroatoms. The smallest absolute Gasteiger partial charge is 0.313 e. The molecule has 4 aliphatic rings. The lowest BCUT2D eigenvalue weighted by molar-refractivity contribution is -0.165. The Balaban J connectivity index is 1.62. The Kier molecular flexibility index (Phi) is 10.9. The molecule has 1 aromatic carbocycles. The largest absolute Gasteiger partial charge is 0.455 e. The topological polar surface area (TPSA) is 117 Å². The number of hydrogen-bond donors (Lipinski definition) is 1. The second-order valence-electron chi connectivity index (χ2n) is 13.6. The minimum atomic E-state index is -1.44. The van der Waals surface area contributed by atoms with Gasteiger partial charge in [-0.3, -0.25) is 19.2 Å². The van der Waals surface area contributed by atoms with E-state index in [2.05, 4.69) is 6.92 Å². The number of aliphatic hydroxyl groups excluding tert-OH is 1. The van der Waals surface area contributed by atoms with Crippen molar-refractivity contribution < 1.29 is 33.8 Å². The number of esters is 1. The number of nitrogens with zero attached hydrogens (tertiary/aromatic N) is 3. The predicted molar refractivity (Wildman–Crippen MR) is 177 cm³/mol. The van der Waals surface area contributed by atoms with Gasteiger partial charge in [0.25, 0.3) is 0 Å². The highest BCUT2D eigenvalue weighted by Gasteiger charge is 2.72. The van der Waals surface area contributed by atoms with Crippen LogP contribution in [0.5, 0.6) is 0 Å². The van der Waals surface area contributed by atoms with Crippen LogP contribution < -0.4 is 0 Å². The van der Waals surface area contributed by atoms with Gasteiger partial charge in [0, 0.05) is 26.6 Å². The van der Waals surface area contributed by atoms with Crippen molar-refractivity contribution in [2.45, 2.75) is 102 Å². The van der Waals surface area contributed by atoms with Gasteiger partial charge in [-0.15, -0.1) is 0 Å². The number of likely N-dealkylation sites (N-methyl/N-ethyl adjacent to an activating group) is 1. The Hall–Kier alpha value is -3.50. The van der Waals surface area contributed by atoms with Crippen molar-refractivity contribution in [1.29, 1.82) is 0 Å². The van der Waals surface area contributed by atoms with Gasteiger partial charge in [-0.05, 0) is 31.2 Å². The zero-order chi connectivity index (χ0) is 33.9. The number of fused-ring (bicyclic) bond motifs is 2. The van der Waals surface area contributed by atoms with Crippen LogP contribution >= 0.6 is 0 Å². The first-order chi connectivity index (χ1) is 22.6. The summed E-state index contributed by atoms with van der Waals surface area (Å²) < 4.78 is 13.2. The number of rotatable bonds is 9. The molecule has 2 fully saturated rings. The molecule has 4 aliphatic heterocycles. The van der Waals surface area contributed by atoms with Crippen LogP contribution in [-0.4, -0.2) is 100 Å². The molecule has 3 amide bonds.